The first kappa shape index (κ1) is 12.9. The Kier molecular flexibility index (Phi) is 3.44. The van der Waals surface area contributed by atoms with Crippen molar-refractivity contribution >= 4 is 5.82 Å². The highest BCUT2D eigenvalue weighted by molar-refractivity contribution is 5.49. The highest BCUT2D eigenvalue weighted by Gasteiger charge is 2.34. The first-order valence-electron chi connectivity index (χ1n) is 7.51. The third-order valence-corrected chi connectivity index (χ3v) is 4.22. The lowest BCUT2D eigenvalue weighted by Crippen LogP contribution is -2.33. The Morgan fingerprint density at radius 2 is 2.11 bits per heavy atom. The summed E-state index contributed by atoms with van der Waals surface area (Å²) in [5, 5.41) is 3.40. The number of aromatic nitrogens is 2. The molecule has 3 rings (SSSR count). The third-order valence-electron chi connectivity index (χ3n) is 4.22. The Bertz CT molecular complexity index is 467. The van der Waals surface area contributed by atoms with E-state index in [4.69, 9.17) is 14.7 Å². The fraction of sp³-hybridized carbons (Fsp3) is 0.733. The summed E-state index contributed by atoms with van der Waals surface area (Å²) in [7, 11) is 0. The molecule has 1 aromatic heterocycles. The van der Waals surface area contributed by atoms with Gasteiger partial charge in [-0.2, -0.15) is 0 Å². The van der Waals surface area contributed by atoms with Crippen LogP contribution in [0.3, 0.4) is 0 Å². The molecule has 1 aliphatic heterocycles. The van der Waals surface area contributed by atoms with Crippen molar-refractivity contribution < 1.29 is 4.74 Å². The van der Waals surface area contributed by atoms with Crippen LogP contribution in [0.5, 0.6) is 0 Å². The quantitative estimate of drug-likeness (QED) is 0.909. The van der Waals surface area contributed by atoms with Crippen molar-refractivity contribution in [2.75, 3.05) is 18.5 Å². The summed E-state index contributed by atoms with van der Waals surface area (Å²) in [6.07, 6.45) is 6.77. The number of rotatable bonds is 3. The number of ether oxygens (including phenoxy) is 1. The Labute approximate surface area is 115 Å². The highest BCUT2D eigenvalue weighted by Crippen LogP contribution is 2.35. The van der Waals surface area contributed by atoms with Crippen molar-refractivity contribution in [3.05, 3.63) is 17.1 Å². The number of anilines is 1. The Balaban J connectivity index is 1.99. The number of hydrogen-bond donors (Lipinski definition) is 1. The van der Waals surface area contributed by atoms with Gasteiger partial charge in [-0.15, -0.1) is 0 Å². The molecule has 19 heavy (non-hydrogen) atoms. The molecule has 4 nitrogen and oxygen atoms in total. The van der Waals surface area contributed by atoms with Gasteiger partial charge in [-0.1, -0.05) is 0 Å². The van der Waals surface area contributed by atoms with Crippen LogP contribution >= 0.6 is 0 Å². The maximum absolute atomic E-state index is 5.99. The predicted molar refractivity (Wildman–Crippen MR) is 75.4 cm³/mol. The number of nitrogens with zero attached hydrogens (tertiary/aromatic N) is 2. The molecule has 2 heterocycles. The largest absolute Gasteiger partial charge is 0.370 e. The van der Waals surface area contributed by atoms with Crippen LogP contribution in [0.1, 0.15) is 56.6 Å². The van der Waals surface area contributed by atoms with Crippen LogP contribution in [0.4, 0.5) is 5.82 Å². The lowest BCUT2D eigenvalue weighted by molar-refractivity contribution is -0.0760. The van der Waals surface area contributed by atoms with Crippen LogP contribution in [0.15, 0.2) is 0 Å². The molecule has 1 N–H and O–H groups in total. The lowest BCUT2D eigenvalue weighted by atomic mass is 9.95. The summed E-state index contributed by atoms with van der Waals surface area (Å²) < 4.78 is 5.99. The first-order chi connectivity index (χ1) is 9.23. The van der Waals surface area contributed by atoms with Gasteiger partial charge in [-0.05, 0) is 52.4 Å². The number of nitrogens with one attached hydrogen (secondary N) is 1. The maximum Gasteiger partial charge on any atom is 0.162 e. The summed E-state index contributed by atoms with van der Waals surface area (Å²) in [5.74, 6) is 1.92. The van der Waals surface area contributed by atoms with Gasteiger partial charge in [0.2, 0.25) is 0 Å². The molecular formula is C15H23N3O. The minimum Gasteiger partial charge on any atom is -0.370 e. The zero-order valence-electron chi connectivity index (χ0n) is 12.0. The van der Waals surface area contributed by atoms with Crippen LogP contribution in [0.2, 0.25) is 0 Å². The standard InChI is InChI=1S/C15H23N3O/c1-3-16-13-11-7-6-8-12(11)17-14(18-13)15(2)9-4-5-10-19-15/h3-10H2,1-2H3,(H,16,17,18). The average Bonchev–Trinajstić information content (AvgIpc) is 2.88. The molecule has 0 amide bonds. The van der Waals surface area contributed by atoms with Gasteiger partial charge in [0.05, 0.1) is 0 Å². The van der Waals surface area contributed by atoms with E-state index in [-0.39, 0.29) is 5.60 Å². The van der Waals surface area contributed by atoms with Crippen molar-refractivity contribution in [3.8, 4) is 0 Å². The van der Waals surface area contributed by atoms with E-state index in [9.17, 15) is 0 Å². The van der Waals surface area contributed by atoms with Gasteiger partial charge in [0.15, 0.2) is 5.82 Å². The number of hydrogen-bond acceptors (Lipinski definition) is 4. The fourth-order valence-electron chi connectivity index (χ4n) is 3.09. The van der Waals surface area contributed by atoms with Gasteiger partial charge in [-0.25, -0.2) is 9.97 Å². The van der Waals surface area contributed by atoms with E-state index in [1.807, 2.05) is 0 Å². The fourth-order valence-corrected chi connectivity index (χ4v) is 3.09. The van der Waals surface area contributed by atoms with Crippen LogP contribution < -0.4 is 5.32 Å². The summed E-state index contributed by atoms with van der Waals surface area (Å²) in [5.41, 5.74) is 2.27. The second-order valence-corrected chi connectivity index (χ2v) is 5.74. The van der Waals surface area contributed by atoms with E-state index in [1.54, 1.807) is 0 Å². The molecule has 1 atom stereocenters. The van der Waals surface area contributed by atoms with Crippen LogP contribution in [-0.4, -0.2) is 23.1 Å². The molecular weight excluding hydrogens is 238 g/mol. The monoisotopic (exact) mass is 261 g/mol. The van der Waals surface area contributed by atoms with E-state index in [0.717, 1.165) is 50.5 Å². The van der Waals surface area contributed by atoms with E-state index in [2.05, 4.69) is 19.2 Å². The van der Waals surface area contributed by atoms with Gasteiger partial charge in [-0.3, -0.25) is 0 Å². The van der Waals surface area contributed by atoms with Gasteiger partial charge < -0.3 is 10.1 Å². The Morgan fingerprint density at radius 3 is 2.84 bits per heavy atom. The van der Waals surface area contributed by atoms with Gasteiger partial charge in [0.1, 0.15) is 11.4 Å². The average molecular weight is 261 g/mol. The van der Waals surface area contributed by atoms with E-state index in [1.165, 1.54) is 24.1 Å². The molecule has 0 bridgehead atoms. The summed E-state index contributed by atoms with van der Waals surface area (Å²) in [6, 6.07) is 0. The van der Waals surface area contributed by atoms with Gasteiger partial charge in [0.25, 0.3) is 0 Å². The topological polar surface area (TPSA) is 47.0 Å². The smallest absolute Gasteiger partial charge is 0.162 e. The molecule has 1 saturated heterocycles. The molecule has 1 aromatic rings. The zero-order valence-corrected chi connectivity index (χ0v) is 12.0. The number of aryl methyl sites for hydroxylation is 1. The Hall–Kier alpha value is -1.16. The molecule has 104 valence electrons. The van der Waals surface area contributed by atoms with E-state index >= 15 is 0 Å². The second-order valence-electron chi connectivity index (χ2n) is 5.74. The summed E-state index contributed by atoms with van der Waals surface area (Å²) in [6.45, 7) is 5.98. The van der Waals surface area contributed by atoms with Gasteiger partial charge in [0, 0.05) is 24.4 Å². The zero-order chi connectivity index (χ0) is 13.3. The van der Waals surface area contributed by atoms with Crippen molar-refractivity contribution in [3.63, 3.8) is 0 Å². The van der Waals surface area contributed by atoms with E-state index < -0.39 is 0 Å². The normalized spacial score (nSPS) is 26.2. The SMILES string of the molecule is CCNc1nc(C2(C)CCCCO2)nc2c1CCC2. The van der Waals surface area contributed by atoms with Crippen molar-refractivity contribution in [1.82, 2.24) is 9.97 Å². The van der Waals surface area contributed by atoms with Crippen molar-refractivity contribution in [2.45, 2.75) is 58.0 Å². The highest BCUT2D eigenvalue weighted by atomic mass is 16.5. The Morgan fingerprint density at radius 1 is 1.21 bits per heavy atom. The molecule has 1 unspecified atom stereocenters. The maximum atomic E-state index is 5.99. The molecule has 0 radical (unpaired) electrons. The minimum atomic E-state index is -0.292. The summed E-state index contributed by atoms with van der Waals surface area (Å²) in [4.78, 5) is 9.60. The first-order valence-corrected chi connectivity index (χ1v) is 7.51. The van der Waals surface area contributed by atoms with Gasteiger partial charge >= 0.3 is 0 Å². The van der Waals surface area contributed by atoms with Crippen molar-refractivity contribution in [2.24, 2.45) is 0 Å². The second kappa shape index (κ2) is 5.08. The van der Waals surface area contributed by atoms with Crippen molar-refractivity contribution in [1.29, 1.82) is 0 Å². The molecule has 1 fully saturated rings. The van der Waals surface area contributed by atoms with Crippen LogP contribution in [0, 0.1) is 0 Å². The molecule has 0 saturated carbocycles. The molecule has 4 heteroatoms. The molecule has 0 aromatic carbocycles. The molecule has 1 aliphatic carbocycles. The third kappa shape index (κ3) is 2.34. The minimum absolute atomic E-state index is 0.292. The van der Waals surface area contributed by atoms with Crippen LogP contribution in [0.25, 0.3) is 0 Å². The lowest BCUT2D eigenvalue weighted by Gasteiger charge is -2.33. The number of fused-ring (bicyclic) bond motifs is 1. The summed E-state index contributed by atoms with van der Waals surface area (Å²) >= 11 is 0. The van der Waals surface area contributed by atoms with Crippen LogP contribution in [-0.2, 0) is 23.2 Å². The molecule has 2 aliphatic rings. The van der Waals surface area contributed by atoms with E-state index in [0.29, 0.717) is 0 Å². The predicted octanol–water partition coefficient (Wildman–Crippen LogP) is 2.81. The molecule has 0 spiro atoms.